The van der Waals surface area contributed by atoms with E-state index in [0.29, 0.717) is 5.69 Å². The summed E-state index contributed by atoms with van der Waals surface area (Å²) in [5.74, 6) is -1.72. The normalized spacial score (nSPS) is 12.1. The SMILES string of the molecule is Cc1nsc(N(C)C(=O)CNC(=O)OCC2c3ccccc3-c3ccccc32)c1C(=O)O. The topological polar surface area (TPSA) is 109 Å². The lowest BCUT2D eigenvalue weighted by Gasteiger charge is -2.17. The van der Waals surface area contributed by atoms with Crippen molar-refractivity contribution in [2.45, 2.75) is 12.8 Å². The first-order chi connectivity index (χ1) is 15.4. The van der Waals surface area contributed by atoms with Crippen LogP contribution in [0, 0.1) is 6.92 Å². The van der Waals surface area contributed by atoms with Gasteiger partial charge in [0, 0.05) is 13.0 Å². The van der Waals surface area contributed by atoms with Gasteiger partial charge < -0.3 is 20.1 Å². The number of nitrogens with one attached hydrogen (secondary N) is 1. The fourth-order valence-electron chi connectivity index (χ4n) is 3.86. The van der Waals surface area contributed by atoms with Crippen LogP contribution >= 0.6 is 11.5 Å². The van der Waals surface area contributed by atoms with Crippen LogP contribution in [-0.4, -0.2) is 47.6 Å². The van der Waals surface area contributed by atoms with E-state index < -0.39 is 18.0 Å². The van der Waals surface area contributed by atoms with Crippen LogP contribution in [0.15, 0.2) is 48.5 Å². The number of ether oxygens (including phenoxy) is 1. The van der Waals surface area contributed by atoms with Gasteiger partial charge in [-0.05, 0) is 40.7 Å². The van der Waals surface area contributed by atoms with Crippen molar-refractivity contribution in [1.29, 1.82) is 0 Å². The number of amides is 2. The molecule has 164 valence electrons. The maximum atomic E-state index is 12.5. The summed E-state index contributed by atoms with van der Waals surface area (Å²) in [5.41, 5.74) is 4.76. The molecule has 4 rings (SSSR count). The minimum atomic E-state index is -1.16. The van der Waals surface area contributed by atoms with Crippen LogP contribution in [0.5, 0.6) is 0 Å². The Morgan fingerprint density at radius 1 is 1.09 bits per heavy atom. The van der Waals surface area contributed by atoms with Gasteiger partial charge in [0.15, 0.2) is 0 Å². The van der Waals surface area contributed by atoms with Gasteiger partial charge in [0.1, 0.15) is 23.7 Å². The Hall–Kier alpha value is -3.72. The number of hydrogen-bond acceptors (Lipinski definition) is 6. The monoisotopic (exact) mass is 451 g/mol. The summed E-state index contributed by atoms with van der Waals surface area (Å²) in [5, 5.41) is 12.0. The van der Waals surface area contributed by atoms with E-state index in [-0.39, 0.29) is 29.6 Å². The number of carboxylic acids is 1. The molecule has 2 N–H and O–H groups in total. The largest absolute Gasteiger partial charge is 0.478 e. The number of benzene rings is 2. The van der Waals surface area contributed by atoms with Crippen LogP contribution < -0.4 is 10.2 Å². The molecule has 8 nitrogen and oxygen atoms in total. The van der Waals surface area contributed by atoms with Gasteiger partial charge in [-0.25, -0.2) is 9.59 Å². The third kappa shape index (κ3) is 3.94. The van der Waals surface area contributed by atoms with Gasteiger partial charge in [0.25, 0.3) is 0 Å². The van der Waals surface area contributed by atoms with E-state index in [4.69, 9.17) is 4.74 Å². The molecule has 1 heterocycles. The number of nitrogens with zero attached hydrogens (tertiary/aromatic N) is 2. The molecule has 1 aliphatic carbocycles. The summed E-state index contributed by atoms with van der Waals surface area (Å²) in [6.45, 7) is 1.38. The van der Waals surface area contributed by atoms with E-state index in [1.165, 1.54) is 11.9 Å². The second kappa shape index (κ2) is 8.80. The number of carboxylic acid groups (broad SMARTS) is 1. The zero-order valence-corrected chi connectivity index (χ0v) is 18.3. The van der Waals surface area contributed by atoms with E-state index in [1.807, 2.05) is 36.4 Å². The summed E-state index contributed by atoms with van der Waals surface area (Å²) >= 11 is 0.920. The Bertz CT molecular complexity index is 1160. The molecular formula is C23H21N3O5S. The number of fused-ring (bicyclic) bond motifs is 3. The van der Waals surface area contributed by atoms with Crippen LogP contribution in [0.2, 0.25) is 0 Å². The first-order valence-electron chi connectivity index (χ1n) is 9.93. The molecule has 9 heteroatoms. The first kappa shape index (κ1) is 21.5. The number of carbonyl (C=O) groups excluding carboxylic acids is 2. The van der Waals surface area contributed by atoms with Gasteiger partial charge in [-0.15, -0.1) is 0 Å². The third-order valence-electron chi connectivity index (χ3n) is 5.46. The zero-order chi connectivity index (χ0) is 22.8. The molecule has 3 aromatic rings. The number of aromatic nitrogens is 1. The highest BCUT2D eigenvalue weighted by Crippen LogP contribution is 2.44. The number of aromatic carboxylic acids is 1. The van der Waals surface area contributed by atoms with Crippen LogP contribution in [-0.2, 0) is 9.53 Å². The van der Waals surface area contributed by atoms with Crippen molar-refractivity contribution < 1.29 is 24.2 Å². The molecule has 0 unspecified atom stereocenters. The molecule has 0 bridgehead atoms. The van der Waals surface area contributed by atoms with E-state index >= 15 is 0 Å². The minimum Gasteiger partial charge on any atom is -0.478 e. The second-order valence-corrected chi connectivity index (χ2v) is 8.14. The molecule has 0 fully saturated rings. The Kier molecular flexibility index (Phi) is 5.91. The van der Waals surface area contributed by atoms with Crippen LogP contribution in [0.4, 0.5) is 9.80 Å². The number of carbonyl (C=O) groups is 3. The number of aryl methyl sites for hydroxylation is 1. The Morgan fingerprint density at radius 2 is 1.69 bits per heavy atom. The van der Waals surface area contributed by atoms with Gasteiger partial charge >= 0.3 is 12.1 Å². The van der Waals surface area contributed by atoms with E-state index in [1.54, 1.807) is 6.92 Å². The van der Waals surface area contributed by atoms with E-state index in [0.717, 1.165) is 33.8 Å². The Morgan fingerprint density at radius 3 is 2.28 bits per heavy atom. The molecule has 2 amide bonds. The fraction of sp³-hybridized carbons (Fsp3) is 0.217. The van der Waals surface area contributed by atoms with Gasteiger partial charge in [-0.1, -0.05) is 48.5 Å². The summed E-state index contributed by atoms with van der Waals surface area (Å²) in [7, 11) is 1.45. The molecule has 0 radical (unpaired) electrons. The molecule has 1 aliphatic rings. The zero-order valence-electron chi connectivity index (χ0n) is 17.5. The number of hydrogen-bond donors (Lipinski definition) is 2. The number of alkyl carbamates (subject to hydrolysis) is 1. The lowest BCUT2D eigenvalue weighted by atomic mass is 9.98. The number of rotatable bonds is 6. The molecule has 32 heavy (non-hydrogen) atoms. The maximum absolute atomic E-state index is 12.5. The molecule has 2 aromatic carbocycles. The minimum absolute atomic E-state index is 0.0213. The fourth-order valence-corrected chi connectivity index (χ4v) is 4.73. The second-order valence-electron chi connectivity index (χ2n) is 7.39. The number of anilines is 1. The predicted molar refractivity (Wildman–Crippen MR) is 120 cm³/mol. The molecule has 0 aliphatic heterocycles. The molecule has 0 saturated heterocycles. The summed E-state index contributed by atoms with van der Waals surface area (Å²) < 4.78 is 9.42. The van der Waals surface area contributed by atoms with Crippen LogP contribution in [0.1, 0.15) is 33.1 Å². The molecule has 0 saturated carbocycles. The van der Waals surface area contributed by atoms with Crippen molar-refractivity contribution >= 4 is 34.5 Å². The average molecular weight is 452 g/mol. The Balaban J connectivity index is 1.36. The summed E-state index contributed by atoms with van der Waals surface area (Å²) in [4.78, 5) is 37.3. The highest BCUT2D eigenvalue weighted by molar-refractivity contribution is 7.11. The lowest BCUT2D eigenvalue weighted by Crippen LogP contribution is -2.38. The lowest BCUT2D eigenvalue weighted by molar-refractivity contribution is -0.117. The smallest absolute Gasteiger partial charge is 0.407 e. The summed E-state index contributed by atoms with van der Waals surface area (Å²) in [6.07, 6.45) is -0.715. The van der Waals surface area contributed by atoms with Crippen LogP contribution in [0.25, 0.3) is 11.1 Å². The molecule has 1 aromatic heterocycles. The standard InChI is InChI=1S/C23H21N3O5S/c1-13-20(22(28)29)21(32-25-13)26(2)19(27)11-24-23(30)31-12-18-16-9-5-3-7-14(16)15-8-4-6-10-17(15)18/h3-10,18H,11-12H2,1-2H3,(H,24,30)(H,28,29). The van der Waals surface area contributed by atoms with Crippen LogP contribution in [0.3, 0.4) is 0 Å². The van der Waals surface area contributed by atoms with Crippen molar-refractivity contribution in [2.24, 2.45) is 0 Å². The van der Waals surface area contributed by atoms with Crippen molar-refractivity contribution in [2.75, 3.05) is 25.1 Å². The average Bonchev–Trinajstić information content (AvgIpc) is 3.33. The molecule has 0 atom stereocenters. The first-order valence-corrected chi connectivity index (χ1v) is 10.7. The molecular weight excluding hydrogens is 430 g/mol. The quantitative estimate of drug-likeness (QED) is 0.592. The van der Waals surface area contributed by atoms with Gasteiger partial charge in [0.05, 0.1) is 5.69 Å². The highest BCUT2D eigenvalue weighted by atomic mass is 32.1. The van der Waals surface area contributed by atoms with Gasteiger partial charge in [0.2, 0.25) is 5.91 Å². The maximum Gasteiger partial charge on any atom is 0.407 e. The van der Waals surface area contributed by atoms with Crippen molar-refractivity contribution in [3.63, 3.8) is 0 Å². The predicted octanol–water partition coefficient (Wildman–Crippen LogP) is 3.65. The van der Waals surface area contributed by atoms with Gasteiger partial charge in [-0.2, -0.15) is 4.37 Å². The third-order valence-corrected chi connectivity index (χ3v) is 6.48. The molecule has 0 spiro atoms. The highest BCUT2D eigenvalue weighted by Gasteiger charge is 2.29. The summed E-state index contributed by atoms with van der Waals surface area (Å²) in [6, 6.07) is 16.0. The van der Waals surface area contributed by atoms with Crippen molar-refractivity contribution in [3.05, 3.63) is 70.9 Å². The van der Waals surface area contributed by atoms with E-state index in [9.17, 15) is 19.5 Å². The van der Waals surface area contributed by atoms with E-state index in [2.05, 4.69) is 21.8 Å². The van der Waals surface area contributed by atoms with Gasteiger partial charge in [-0.3, -0.25) is 4.79 Å². The number of likely N-dealkylation sites (N-methyl/N-ethyl adjacent to an activating group) is 1. The van der Waals surface area contributed by atoms with Crippen molar-refractivity contribution in [1.82, 2.24) is 9.69 Å². The van der Waals surface area contributed by atoms with Crippen molar-refractivity contribution in [3.8, 4) is 11.1 Å². The Labute approximate surface area is 188 Å².